The van der Waals surface area contributed by atoms with E-state index in [4.69, 9.17) is 14.6 Å². The van der Waals surface area contributed by atoms with Gasteiger partial charge in [-0.05, 0) is 39.2 Å². The number of ether oxygens (including phenoxy) is 2. The van der Waals surface area contributed by atoms with Crippen LogP contribution in [-0.2, 0) is 14.3 Å². The maximum absolute atomic E-state index is 12.6. The maximum Gasteiger partial charge on any atom is 0.317 e. The number of piperidine rings is 1. The van der Waals surface area contributed by atoms with Crippen molar-refractivity contribution in [1.29, 1.82) is 0 Å². The smallest absolute Gasteiger partial charge is 0.317 e. The summed E-state index contributed by atoms with van der Waals surface area (Å²) in [6.07, 6.45) is 3.59. The highest BCUT2D eigenvalue weighted by Crippen LogP contribution is 2.34. The second kappa shape index (κ2) is 8.10. The van der Waals surface area contributed by atoms with Crippen molar-refractivity contribution in [3.63, 3.8) is 0 Å². The molecule has 0 bridgehead atoms. The van der Waals surface area contributed by atoms with E-state index in [9.17, 15) is 9.59 Å². The molecule has 3 rings (SSSR count). The Morgan fingerprint density at radius 1 is 1.31 bits per heavy atom. The van der Waals surface area contributed by atoms with E-state index in [1.807, 2.05) is 23.6 Å². The van der Waals surface area contributed by atoms with Crippen molar-refractivity contribution in [2.45, 2.75) is 57.4 Å². The second-order valence-corrected chi connectivity index (χ2v) is 7.73. The van der Waals surface area contributed by atoms with E-state index in [2.05, 4.69) is 5.32 Å². The lowest BCUT2D eigenvalue weighted by Crippen LogP contribution is -2.58. The van der Waals surface area contributed by atoms with Gasteiger partial charge in [0, 0.05) is 31.1 Å². The fourth-order valence-corrected chi connectivity index (χ4v) is 4.30. The van der Waals surface area contributed by atoms with Crippen LogP contribution < -0.4 is 5.32 Å². The first kappa shape index (κ1) is 19.4. The molecule has 1 aliphatic carbocycles. The van der Waals surface area contributed by atoms with Crippen LogP contribution in [0.15, 0.2) is 0 Å². The van der Waals surface area contributed by atoms with Crippen molar-refractivity contribution in [3.8, 4) is 0 Å². The van der Waals surface area contributed by atoms with E-state index < -0.39 is 11.8 Å². The zero-order chi connectivity index (χ0) is 18.7. The number of likely N-dealkylation sites (N-methyl/N-ethyl adjacent to an activating group) is 1. The molecule has 148 valence electrons. The highest BCUT2D eigenvalue weighted by molar-refractivity contribution is 5.74. The van der Waals surface area contributed by atoms with E-state index in [1.165, 1.54) is 0 Å². The lowest BCUT2D eigenvalue weighted by atomic mass is 9.85. The van der Waals surface area contributed by atoms with Gasteiger partial charge in [-0.25, -0.2) is 4.79 Å². The third-order valence-corrected chi connectivity index (χ3v) is 6.01. The fraction of sp³-hybridized carbons (Fsp3) is 0.889. The van der Waals surface area contributed by atoms with Gasteiger partial charge in [0.1, 0.15) is 0 Å². The van der Waals surface area contributed by atoms with Crippen LogP contribution in [0.2, 0.25) is 0 Å². The number of hydrogen-bond acceptors (Lipinski definition) is 5. The predicted molar refractivity (Wildman–Crippen MR) is 94.8 cm³/mol. The average molecular weight is 369 g/mol. The zero-order valence-corrected chi connectivity index (χ0v) is 15.8. The highest BCUT2D eigenvalue weighted by atomic mass is 16.7. The topological polar surface area (TPSA) is 91.3 Å². The zero-order valence-electron chi connectivity index (χ0n) is 15.8. The van der Waals surface area contributed by atoms with Gasteiger partial charge in [-0.1, -0.05) is 6.92 Å². The lowest BCUT2D eigenvalue weighted by molar-refractivity contribution is -0.189. The summed E-state index contributed by atoms with van der Waals surface area (Å²) >= 11 is 0. The first-order valence-electron chi connectivity index (χ1n) is 9.70. The summed E-state index contributed by atoms with van der Waals surface area (Å²) in [5.41, 5.74) is 0. The van der Waals surface area contributed by atoms with Crippen molar-refractivity contribution in [3.05, 3.63) is 0 Å². The number of carboxylic acid groups (broad SMARTS) is 1. The standard InChI is InChI=1S/C18H31N3O5/c1-3-20(12-16(22)23)15-9-14(10-15)19-17(24)21-6-4-5-13(11-21)18(2)25-7-8-26-18/h13-15H,3-12H2,1-2H3,(H,19,24)(H,22,23). The van der Waals surface area contributed by atoms with Crippen LogP contribution >= 0.6 is 0 Å². The molecule has 26 heavy (non-hydrogen) atoms. The number of rotatable bonds is 6. The molecule has 2 saturated heterocycles. The lowest BCUT2D eigenvalue weighted by Gasteiger charge is -2.44. The van der Waals surface area contributed by atoms with Crippen LogP contribution in [0.4, 0.5) is 4.79 Å². The van der Waals surface area contributed by atoms with E-state index in [1.54, 1.807) is 0 Å². The van der Waals surface area contributed by atoms with Crippen LogP contribution in [0.5, 0.6) is 0 Å². The van der Waals surface area contributed by atoms with E-state index in [0.717, 1.165) is 32.2 Å². The summed E-state index contributed by atoms with van der Waals surface area (Å²) in [7, 11) is 0. The van der Waals surface area contributed by atoms with Gasteiger partial charge in [0.15, 0.2) is 5.79 Å². The summed E-state index contributed by atoms with van der Waals surface area (Å²) < 4.78 is 11.5. The molecule has 2 heterocycles. The fourth-order valence-electron chi connectivity index (χ4n) is 4.30. The Kier molecular flexibility index (Phi) is 6.04. The molecule has 1 atom stereocenters. The number of nitrogens with one attached hydrogen (secondary N) is 1. The van der Waals surface area contributed by atoms with Crippen molar-refractivity contribution in [2.24, 2.45) is 5.92 Å². The summed E-state index contributed by atoms with van der Waals surface area (Å²) in [6, 6.07) is 0.348. The van der Waals surface area contributed by atoms with Gasteiger partial charge in [0.2, 0.25) is 0 Å². The first-order valence-corrected chi connectivity index (χ1v) is 9.70. The number of nitrogens with zero attached hydrogens (tertiary/aromatic N) is 2. The number of carbonyl (C=O) groups excluding carboxylic acids is 1. The number of likely N-dealkylation sites (tertiary alicyclic amines) is 1. The Labute approximate surface area is 154 Å². The Hall–Kier alpha value is -1.38. The molecule has 1 saturated carbocycles. The maximum atomic E-state index is 12.6. The van der Waals surface area contributed by atoms with Gasteiger partial charge in [-0.2, -0.15) is 0 Å². The summed E-state index contributed by atoms with van der Waals surface area (Å²) in [6.45, 7) is 7.37. The summed E-state index contributed by atoms with van der Waals surface area (Å²) in [5, 5.41) is 12.1. The molecule has 0 radical (unpaired) electrons. The van der Waals surface area contributed by atoms with Crippen molar-refractivity contribution >= 4 is 12.0 Å². The van der Waals surface area contributed by atoms with Gasteiger partial charge in [0.05, 0.1) is 19.8 Å². The number of urea groups is 1. The molecule has 0 spiro atoms. The first-order chi connectivity index (χ1) is 12.4. The summed E-state index contributed by atoms with van der Waals surface area (Å²) in [4.78, 5) is 27.3. The second-order valence-electron chi connectivity index (χ2n) is 7.73. The molecule has 2 amide bonds. The Morgan fingerprint density at radius 3 is 2.62 bits per heavy atom. The Bertz CT molecular complexity index is 517. The number of carbonyl (C=O) groups is 2. The predicted octanol–water partition coefficient (Wildman–Crippen LogP) is 1.11. The van der Waals surface area contributed by atoms with Crippen molar-refractivity contribution < 1.29 is 24.2 Å². The molecule has 8 nitrogen and oxygen atoms in total. The minimum absolute atomic E-state index is 0.0268. The molecular formula is C18H31N3O5. The summed E-state index contributed by atoms with van der Waals surface area (Å²) in [5.74, 6) is -1.17. The molecule has 0 aromatic rings. The molecule has 2 aliphatic heterocycles. The molecular weight excluding hydrogens is 338 g/mol. The molecule has 1 unspecified atom stereocenters. The third kappa shape index (κ3) is 4.29. The SMILES string of the molecule is CCN(CC(=O)O)C1CC(NC(=O)N2CCCC(C3(C)OCCO3)C2)C1. The minimum Gasteiger partial charge on any atom is -0.480 e. The van der Waals surface area contributed by atoms with Gasteiger partial charge >= 0.3 is 12.0 Å². The monoisotopic (exact) mass is 369 g/mol. The van der Waals surface area contributed by atoms with Crippen molar-refractivity contribution in [2.75, 3.05) is 39.4 Å². The van der Waals surface area contributed by atoms with Gasteiger partial charge in [-0.3, -0.25) is 9.69 Å². The van der Waals surface area contributed by atoms with E-state index >= 15 is 0 Å². The van der Waals surface area contributed by atoms with E-state index in [-0.39, 0.29) is 30.6 Å². The van der Waals surface area contributed by atoms with Gasteiger partial charge in [0.25, 0.3) is 0 Å². The molecule has 2 N–H and O–H groups in total. The molecule has 0 aromatic heterocycles. The van der Waals surface area contributed by atoms with Crippen LogP contribution in [0.1, 0.15) is 39.5 Å². The van der Waals surface area contributed by atoms with Gasteiger partial charge < -0.3 is 24.8 Å². The van der Waals surface area contributed by atoms with Crippen LogP contribution in [0.3, 0.4) is 0 Å². The average Bonchev–Trinajstić information content (AvgIpc) is 3.03. The largest absolute Gasteiger partial charge is 0.480 e. The Balaban J connectivity index is 1.45. The van der Waals surface area contributed by atoms with Crippen LogP contribution in [0.25, 0.3) is 0 Å². The molecule has 0 aromatic carbocycles. The van der Waals surface area contributed by atoms with E-state index in [0.29, 0.717) is 26.3 Å². The van der Waals surface area contributed by atoms with Crippen LogP contribution in [0, 0.1) is 5.92 Å². The number of aliphatic carboxylic acids is 1. The van der Waals surface area contributed by atoms with Crippen LogP contribution in [-0.4, -0.2) is 84.2 Å². The molecule has 8 heteroatoms. The third-order valence-electron chi connectivity index (χ3n) is 6.01. The number of hydrogen-bond donors (Lipinski definition) is 2. The quantitative estimate of drug-likeness (QED) is 0.729. The Morgan fingerprint density at radius 2 is 2.00 bits per heavy atom. The molecule has 3 fully saturated rings. The number of carboxylic acids is 1. The minimum atomic E-state index is -0.802. The van der Waals surface area contributed by atoms with Crippen molar-refractivity contribution in [1.82, 2.24) is 15.1 Å². The molecule has 3 aliphatic rings. The highest BCUT2D eigenvalue weighted by Gasteiger charge is 2.43. The normalized spacial score (nSPS) is 30.9. The van der Waals surface area contributed by atoms with Gasteiger partial charge in [-0.15, -0.1) is 0 Å². The number of amides is 2.